The second kappa shape index (κ2) is 6.27. The minimum absolute atomic E-state index is 0.127. The highest BCUT2D eigenvalue weighted by atomic mass is 16.5. The lowest BCUT2D eigenvalue weighted by molar-refractivity contribution is 0.0248. The van der Waals surface area contributed by atoms with Crippen LogP contribution in [0.1, 0.15) is 12.8 Å². The number of methoxy groups -OCH3 is 1. The van der Waals surface area contributed by atoms with E-state index >= 15 is 0 Å². The van der Waals surface area contributed by atoms with Crippen LogP contribution in [0.4, 0.5) is 5.82 Å². The van der Waals surface area contributed by atoms with Crippen LogP contribution in [0.15, 0.2) is 24.4 Å². The summed E-state index contributed by atoms with van der Waals surface area (Å²) in [5, 5.41) is 4.21. The summed E-state index contributed by atoms with van der Waals surface area (Å²) in [6.07, 6.45) is 3.63. The van der Waals surface area contributed by atoms with Gasteiger partial charge in [0, 0.05) is 31.0 Å². The third-order valence-corrected chi connectivity index (χ3v) is 3.93. The zero-order chi connectivity index (χ0) is 15.5. The maximum atomic E-state index is 6.23. The standard InChI is InChI=1S/C16H21N3O3/c1-19-16(17)13(10-18-19)12-4-3-5-14(20-2)15(12)22-11-6-8-21-9-7-11/h3-5,10-11H,6-9,17H2,1-2H3. The van der Waals surface area contributed by atoms with Crippen molar-refractivity contribution in [3.8, 4) is 22.6 Å². The Morgan fingerprint density at radius 2 is 2.05 bits per heavy atom. The summed E-state index contributed by atoms with van der Waals surface area (Å²) in [7, 11) is 3.46. The van der Waals surface area contributed by atoms with Crippen molar-refractivity contribution in [2.45, 2.75) is 18.9 Å². The van der Waals surface area contributed by atoms with Gasteiger partial charge >= 0.3 is 0 Å². The van der Waals surface area contributed by atoms with E-state index < -0.39 is 0 Å². The molecule has 6 heteroatoms. The van der Waals surface area contributed by atoms with E-state index in [0.29, 0.717) is 11.6 Å². The number of aryl methyl sites for hydroxylation is 1. The van der Waals surface area contributed by atoms with E-state index in [-0.39, 0.29) is 6.10 Å². The molecule has 0 bridgehead atoms. The van der Waals surface area contributed by atoms with Crippen molar-refractivity contribution in [1.82, 2.24) is 9.78 Å². The van der Waals surface area contributed by atoms with Crippen LogP contribution in [-0.2, 0) is 11.8 Å². The molecular formula is C16H21N3O3. The van der Waals surface area contributed by atoms with Gasteiger partial charge in [0.1, 0.15) is 11.9 Å². The van der Waals surface area contributed by atoms with Crippen LogP contribution in [0.2, 0.25) is 0 Å². The maximum absolute atomic E-state index is 6.23. The topological polar surface area (TPSA) is 71.5 Å². The lowest BCUT2D eigenvalue weighted by Crippen LogP contribution is -2.26. The van der Waals surface area contributed by atoms with E-state index in [1.807, 2.05) is 25.2 Å². The number of para-hydroxylation sites is 1. The van der Waals surface area contributed by atoms with Crippen LogP contribution in [-0.4, -0.2) is 36.2 Å². The lowest BCUT2D eigenvalue weighted by atomic mass is 10.1. The molecular weight excluding hydrogens is 282 g/mol. The van der Waals surface area contributed by atoms with Gasteiger partial charge in [0.25, 0.3) is 0 Å². The zero-order valence-electron chi connectivity index (χ0n) is 12.9. The molecule has 1 aromatic heterocycles. The maximum Gasteiger partial charge on any atom is 0.169 e. The smallest absolute Gasteiger partial charge is 0.169 e. The Hall–Kier alpha value is -2.21. The highest BCUT2D eigenvalue weighted by molar-refractivity contribution is 5.80. The van der Waals surface area contributed by atoms with Gasteiger partial charge in [-0.05, 0) is 6.07 Å². The fourth-order valence-corrected chi connectivity index (χ4v) is 2.63. The van der Waals surface area contributed by atoms with Crippen molar-refractivity contribution >= 4 is 5.82 Å². The molecule has 2 aromatic rings. The normalized spacial score (nSPS) is 15.7. The van der Waals surface area contributed by atoms with E-state index in [4.69, 9.17) is 19.9 Å². The molecule has 1 aromatic carbocycles. The quantitative estimate of drug-likeness (QED) is 0.938. The van der Waals surface area contributed by atoms with Crippen molar-refractivity contribution in [1.29, 1.82) is 0 Å². The summed E-state index contributed by atoms with van der Waals surface area (Å²) in [4.78, 5) is 0. The third kappa shape index (κ3) is 2.74. The number of hydrogen-bond donors (Lipinski definition) is 1. The minimum Gasteiger partial charge on any atom is -0.493 e. The molecule has 118 valence electrons. The number of nitrogens with zero attached hydrogens (tertiary/aromatic N) is 2. The van der Waals surface area contributed by atoms with Crippen LogP contribution in [0.5, 0.6) is 11.5 Å². The lowest BCUT2D eigenvalue weighted by Gasteiger charge is -2.25. The average molecular weight is 303 g/mol. The Labute approximate surface area is 129 Å². The first kappa shape index (κ1) is 14.7. The predicted octanol–water partition coefficient (Wildman–Crippen LogP) is 2.24. The zero-order valence-corrected chi connectivity index (χ0v) is 12.9. The highest BCUT2D eigenvalue weighted by Crippen LogP contribution is 2.41. The average Bonchev–Trinajstić information content (AvgIpc) is 2.88. The van der Waals surface area contributed by atoms with Gasteiger partial charge in [0.05, 0.1) is 26.5 Å². The molecule has 0 amide bonds. The van der Waals surface area contributed by atoms with Gasteiger partial charge in [-0.1, -0.05) is 12.1 Å². The van der Waals surface area contributed by atoms with E-state index in [0.717, 1.165) is 42.9 Å². The molecule has 1 fully saturated rings. The molecule has 0 unspecified atom stereocenters. The van der Waals surface area contributed by atoms with Crippen LogP contribution in [0.25, 0.3) is 11.1 Å². The van der Waals surface area contributed by atoms with Crippen molar-refractivity contribution in [2.24, 2.45) is 7.05 Å². The van der Waals surface area contributed by atoms with Gasteiger partial charge in [-0.2, -0.15) is 5.10 Å². The SMILES string of the molecule is COc1cccc(-c2cnn(C)c2N)c1OC1CCOCC1. The number of anilines is 1. The number of ether oxygens (including phenoxy) is 3. The summed E-state index contributed by atoms with van der Waals surface area (Å²) in [5.74, 6) is 2.02. The molecule has 0 aliphatic carbocycles. The highest BCUT2D eigenvalue weighted by Gasteiger charge is 2.22. The fraction of sp³-hybridized carbons (Fsp3) is 0.438. The minimum atomic E-state index is 0.127. The summed E-state index contributed by atoms with van der Waals surface area (Å²) in [6.45, 7) is 1.45. The second-order valence-corrected chi connectivity index (χ2v) is 5.33. The third-order valence-electron chi connectivity index (χ3n) is 3.93. The fourth-order valence-electron chi connectivity index (χ4n) is 2.63. The molecule has 3 rings (SSSR count). The molecule has 0 atom stereocenters. The molecule has 0 saturated carbocycles. The number of aromatic nitrogens is 2. The molecule has 2 N–H and O–H groups in total. The molecule has 1 saturated heterocycles. The Morgan fingerprint density at radius 1 is 1.27 bits per heavy atom. The molecule has 0 spiro atoms. The first-order valence-corrected chi connectivity index (χ1v) is 7.40. The van der Waals surface area contributed by atoms with Crippen LogP contribution < -0.4 is 15.2 Å². The molecule has 22 heavy (non-hydrogen) atoms. The van der Waals surface area contributed by atoms with Gasteiger partial charge in [0.15, 0.2) is 11.5 Å². The molecule has 1 aliphatic heterocycles. The largest absolute Gasteiger partial charge is 0.493 e. The van der Waals surface area contributed by atoms with Crippen molar-refractivity contribution in [2.75, 3.05) is 26.1 Å². The Morgan fingerprint density at radius 3 is 2.68 bits per heavy atom. The van der Waals surface area contributed by atoms with E-state index in [1.165, 1.54) is 0 Å². The molecule has 1 aliphatic rings. The predicted molar refractivity (Wildman–Crippen MR) is 84.1 cm³/mol. The van der Waals surface area contributed by atoms with Gasteiger partial charge in [-0.25, -0.2) is 0 Å². The van der Waals surface area contributed by atoms with Crippen molar-refractivity contribution < 1.29 is 14.2 Å². The van der Waals surface area contributed by atoms with Gasteiger partial charge in [-0.3, -0.25) is 4.68 Å². The van der Waals surface area contributed by atoms with Crippen LogP contribution >= 0.6 is 0 Å². The summed E-state index contributed by atoms with van der Waals surface area (Å²) >= 11 is 0. The monoisotopic (exact) mass is 303 g/mol. The van der Waals surface area contributed by atoms with Crippen LogP contribution in [0, 0.1) is 0 Å². The van der Waals surface area contributed by atoms with Gasteiger partial charge in [-0.15, -0.1) is 0 Å². The van der Waals surface area contributed by atoms with E-state index in [2.05, 4.69) is 5.10 Å². The Kier molecular flexibility index (Phi) is 4.20. The van der Waals surface area contributed by atoms with Crippen molar-refractivity contribution in [3.05, 3.63) is 24.4 Å². The summed E-state index contributed by atoms with van der Waals surface area (Å²) in [5.41, 5.74) is 7.86. The Balaban J connectivity index is 2.00. The number of benzene rings is 1. The summed E-state index contributed by atoms with van der Waals surface area (Å²) < 4.78 is 18.7. The number of nitrogens with two attached hydrogens (primary N) is 1. The Bertz CT molecular complexity index is 648. The van der Waals surface area contributed by atoms with Gasteiger partial charge in [0.2, 0.25) is 0 Å². The first-order chi connectivity index (χ1) is 10.7. The van der Waals surface area contributed by atoms with E-state index in [9.17, 15) is 0 Å². The molecule has 2 heterocycles. The number of rotatable bonds is 4. The first-order valence-electron chi connectivity index (χ1n) is 7.40. The molecule has 6 nitrogen and oxygen atoms in total. The van der Waals surface area contributed by atoms with E-state index in [1.54, 1.807) is 18.0 Å². The summed E-state index contributed by atoms with van der Waals surface area (Å²) in [6, 6.07) is 5.80. The van der Waals surface area contributed by atoms with Crippen molar-refractivity contribution in [3.63, 3.8) is 0 Å². The van der Waals surface area contributed by atoms with Crippen LogP contribution in [0.3, 0.4) is 0 Å². The number of hydrogen-bond acceptors (Lipinski definition) is 5. The second-order valence-electron chi connectivity index (χ2n) is 5.33. The molecule has 0 radical (unpaired) electrons. The van der Waals surface area contributed by atoms with Gasteiger partial charge < -0.3 is 19.9 Å². The number of nitrogen functional groups attached to an aromatic ring is 1.